The maximum Gasteiger partial charge on any atom is 0.123 e. The molecule has 0 spiro atoms. The molecule has 1 aromatic rings. The molecule has 0 aliphatic carbocycles. The molecule has 0 aromatic heterocycles. The summed E-state index contributed by atoms with van der Waals surface area (Å²) in [6, 6.07) is 6.84. The van der Waals surface area contributed by atoms with E-state index in [1.54, 1.807) is 7.11 Å². The van der Waals surface area contributed by atoms with E-state index in [1.165, 1.54) is 17.5 Å². The zero-order valence-corrected chi connectivity index (χ0v) is 10.8. The molecule has 1 atom stereocenters. The van der Waals surface area contributed by atoms with Crippen molar-refractivity contribution in [1.82, 2.24) is 5.32 Å². The second-order valence-electron chi connectivity index (χ2n) is 4.14. The van der Waals surface area contributed by atoms with E-state index in [4.69, 9.17) is 4.74 Å². The predicted octanol–water partition coefficient (Wildman–Crippen LogP) is 3.45. The Morgan fingerprint density at radius 3 is 2.62 bits per heavy atom. The van der Waals surface area contributed by atoms with Crippen LogP contribution in [0.15, 0.2) is 18.2 Å². The van der Waals surface area contributed by atoms with Crippen LogP contribution < -0.4 is 10.1 Å². The highest BCUT2D eigenvalue weighted by Crippen LogP contribution is 2.28. The van der Waals surface area contributed by atoms with E-state index in [-0.39, 0.29) is 0 Å². The minimum absolute atomic E-state index is 0.408. The Labute approximate surface area is 99.0 Å². The standard InChI is InChI=1S/C14H23NO/c1-5-7-13(15-6-2)12-9-8-11(3)10-14(12)16-4/h8-10,13,15H,5-7H2,1-4H3. The van der Waals surface area contributed by atoms with E-state index in [9.17, 15) is 0 Å². The van der Waals surface area contributed by atoms with Gasteiger partial charge in [-0.15, -0.1) is 0 Å². The van der Waals surface area contributed by atoms with Gasteiger partial charge in [-0.1, -0.05) is 32.4 Å². The summed E-state index contributed by atoms with van der Waals surface area (Å²) in [7, 11) is 1.74. The quantitative estimate of drug-likeness (QED) is 0.794. The van der Waals surface area contributed by atoms with Gasteiger partial charge in [0.25, 0.3) is 0 Å². The average molecular weight is 221 g/mol. The fourth-order valence-electron chi connectivity index (χ4n) is 2.01. The Kier molecular flexibility index (Phi) is 5.33. The van der Waals surface area contributed by atoms with Crippen LogP contribution in [0.2, 0.25) is 0 Å². The molecule has 1 unspecified atom stereocenters. The van der Waals surface area contributed by atoms with Gasteiger partial charge in [0.05, 0.1) is 7.11 Å². The molecule has 0 saturated heterocycles. The number of aryl methyl sites for hydroxylation is 1. The molecule has 1 aromatic carbocycles. The molecule has 2 nitrogen and oxygen atoms in total. The zero-order chi connectivity index (χ0) is 12.0. The van der Waals surface area contributed by atoms with Crippen molar-refractivity contribution in [2.45, 2.75) is 39.7 Å². The van der Waals surface area contributed by atoms with Gasteiger partial charge in [-0.05, 0) is 31.5 Å². The lowest BCUT2D eigenvalue weighted by molar-refractivity contribution is 0.395. The summed E-state index contributed by atoms with van der Waals surface area (Å²) in [6.07, 6.45) is 2.32. The normalized spacial score (nSPS) is 12.5. The lowest BCUT2D eigenvalue weighted by Gasteiger charge is -2.20. The van der Waals surface area contributed by atoms with Crippen LogP contribution in [0.4, 0.5) is 0 Å². The number of ether oxygens (including phenoxy) is 1. The molecule has 1 rings (SSSR count). The van der Waals surface area contributed by atoms with E-state index < -0.39 is 0 Å². The summed E-state index contributed by atoms with van der Waals surface area (Å²) in [5.41, 5.74) is 2.52. The fourth-order valence-corrected chi connectivity index (χ4v) is 2.01. The van der Waals surface area contributed by atoms with Gasteiger partial charge in [0.15, 0.2) is 0 Å². The highest BCUT2D eigenvalue weighted by molar-refractivity contribution is 5.39. The third kappa shape index (κ3) is 3.24. The number of rotatable bonds is 6. The average Bonchev–Trinajstić information content (AvgIpc) is 2.28. The van der Waals surface area contributed by atoms with Gasteiger partial charge in [-0.3, -0.25) is 0 Å². The molecule has 0 bridgehead atoms. The van der Waals surface area contributed by atoms with Crippen LogP contribution in [-0.4, -0.2) is 13.7 Å². The van der Waals surface area contributed by atoms with Crippen molar-refractivity contribution >= 4 is 0 Å². The number of benzene rings is 1. The Morgan fingerprint density at radius 1 is 1.31 bits per heavy atom. The van der Waals surface area contributed by atoms with Crippen LogP contribution in [0.5, 0.6) is 5.75 Å². The molecule has 90 valence electrons. The Balaban J connectivity index is 2.97. The first-order valence-corrected chi connectivity index (χ1v) is 6.10. The molecular formula is C14H23NO. The van der Waals surface area contributed by atoms with E-state index in [2.05, 4.69) is 44.3 Å². The van der Waals surface area contributed by atoms with E-state index in [0.717, 1.165) is 18.7 Å². The molecular weight excluding hydrogens is 198 g/mol. The molecule has 0 saturated carbocycles. The van der Waals surface area contributed by atoms with E-state index in [1.807, 2.05) is 0 Å². The maximum absolute atomic E-state index is 5.46. The van der Waals surface area contributed by atoms with Crippen LogP contribution in [0.1, 0.15) is 43.9 Å². The summed E-state index contributed by atoms with van der Waals surface area (Å²) in [5, 5.41) is 3.51. The number of methoxy groups -OCH3 is 1. The first-order valence-electron chi connectivity index (χ1n) is 6.10. The predicted molar refractivity (Wildman–Crippen MR) is 69.1 cm³/mol. The zero-order valence-electron chi connectivity index (χ0n) is 10.8. The SMILES string of the molecule is CCCC(NCC)c1ccc(C)cc1OC. The van der Waals surface area contributed by atoms with Gasteiger partial charge in [0.2, 0.25) is 0 Å². The van der Waals surface area contributed by atoms with Crippen LogP contribution in [0.3, 0.4) is 0 Å². The Morgan fingerprint density at radius 2 is 2.06 bits per heavy atom. The minimum Gasteiger partial charge on any atom is -0.496 e. The maximum atomic E-state index is 5.46. The molecule has 0 fully saturated rings. The van der Waals surface area contributed by atoms with Crippen molar-refractivity contribution in [3.05, 3.63) is 29.3 Å². The second-order valence-corrected chi connectivity index (χ2v) is 4.14. The van der Waals surface area contributed by atoms with Crippen molar-refractivity contribution < 1.29 is 4.74 Å². The highest BCUT2D eigenvalue weighted by atomic mass is 16.5. The summed E-state index contributed by atoms with van der Waals surface area (Å²) >= 11 is 0. The van der Waals surface area contributed by atoms with Crippen molar-refractivity contribution in [3.63, 3.8) is 0 Å². The first kappa shape index (κ1) is 13.0. The summed E-state index contributed by atoms with van der Waals surface area (Å²) in [4.78, 5) is 0. The lowest BCUT2D eigenvalue weighted by atomic mass is 10.00. The van der Waals surface area contributed by atoms with E-state index >= 15 is 0 Å². The second kappa shape index (κ2) is 6.54. The molecule has 0 heterocycles. The van der Waals surface area contributed by atoms with Crippen molar-refractivity contribution in [2.24, 2.45) is 0 Å². The Bertz CT molecular complexity index is 317. The molecule has 16 heavy (non-hydrogen) atoms. The largest absolute Gasteiger partial charge is 0.496 e. The van der Waals surface area contributed by atoms with Crippen LogP contribution in [-0.2, 0) is 0 Å². The van der Waals surface area contributed by atoms with Gasteiger partial charge >= 0.3 is 0 Å². The van der Waals surface area contributed by atoms with Gasteiger partial charge in [-0.25, -0.2) is 0 Å². The van der Waals surface area contributed by atoms with Gasteiger partial charge in [-0.2, -0.15) is 0 Å². The summed E-state index contributed by atoms with van der Waals surface area (Å²) in [6.45, 7) is 7.43. The summed E-state index contributed by atoms with van der Waals surface area (Å²) < 4.78 is 5.46. The topological polar surface area (TPSA) is 21.3 Å². The molecule has 0 aliphatic rings. The highest BCUT2D eigenvalue weighted by Gasteiger charge is 2.13. The van der Waals surface area contributed by atoms with Gasteiger partial charge < -0.3 is 10.1 Å². The first-order chi connectivity index (χ1) is 7.72. The van der Waals surface area contributed by atoms with Crippen molar-refractivity contribution in [2.75, 3.05) is 13.7 Å². The van der Waals surface area contributed by atoms with Crippen molar-refractivity contribution in [3.8, 4) is 5.75 Å². The molecule has 0 amide bonds. The third-order valence-corrected chi connectivity index (χ3v) is 2.79. The third-order valence-electron chi connectivity index (χ3n) is 2.79. The van der Waals surface area contributed by atoms with Gasteiger partial charge in [0.1, 0.15) is 5.75 Å². The monoisotopic (exact) mass is 221 g/mol. The minimum atomic E-state index is 0.408. The number of nitrogens with one attached hydrogen (secondary N) is 1. The van der Waals surface area contributed by atoms with Crippen LogP contribution >= 0.6 is 0 Å². The molecule has 1 N–H and O–H groups in total. The molecule has 0 radical (unpaired) electrons. The van der Waals surface area contributed by atoms with Crippen LogP contribution in [0, 0.1) is 6.92 Å². The van der Waals surface area contributed by atoms with Gasteiger partial charge in [0, 0.05) is 11.6 Å². The Hall–Kier alpha value is -1.02. The molecule has 2 heteroatoms. The van der Waals surface area contributed by atoms with E-state index in [0.29, 0.717) is 6.04 Å². The number of hydrogen-bond acceptors (Lipinski definition) is 2. The lowest BCUT2D eigenvalue weighted by Crippen LogP contribution is -2.21. The fraction of sp³-hybridized carbons (Fsp3) is 0.571. The number of hydrogen-bond donors (Lipinski definition) is 1. The van der Waals surface area contributed by atoms with Crippen LogP contribution in [0.25, 0.3) is 0 Å². The smallest absolute Gasteiger partial charge is 0.123 e. The van der Waals surface area contributed by atoms with Crippen molar-refractivity contribution in [1.29, 1.82) is 0 Å². The molecule has 0 aliphatic heterocycles. The summed E-state index contributed by atoms with van der Waals surface area (Å²) in [5.74, 6) is 0.999.